The molecule has 0 aliphatic carbocycles. The van der Waals surface area contributed by atoms with Gasteiger partial charge >= 0.3 is 0 Å². The average molecular weight is 527 g/mol. The highest BCUT2D eigenvalue weighted by Gasteiger charge is 2.24. The van der Waals surface area contributed by atoms with Gasteiger partial charge in [0.05, 0.1) is 10.6 Å². The van der Waals surface area contributed by atoms with Crippen LogP contribution in [0.5, 0.6) is 0 Å². The summed E-state index contributed by atoms with van der Waals surface area (Å²) in [4.78, 5) is 44.0. The molecule has 4 rings (SSSR count). The quantitative estimate of drug-likeness (QED) is 0.414. The SMILES string of the molecule is C[C@@H]1CCCCN1CCNC(=O)c1c(C(N)=O)ncn1-c1ccc(NC(=O)c2ccc(F)cc2Cl)cc1. The third-order valence-corrected chi connectivity index (χ3v) is 6.73. The fourth-order valence-electron chi connectivity index (χ4n) is 4.41. The number of primary amides is 1. The van der Waals surface area contributed by atoms with E-state index in [2.05, 4.69) is 27.4 Å². The number of hydrogen-bond donors (Lipinski definition) is 3. The van der Waals surface area contributed by atoms with E-state index in [1.807, 2.05) is 0 Å². The van der Waals surface area contributed by atoms with E-state index < -0.39 is 23.5 Å². The van der Waals surface area contributed by atoms with Crippen molar-refractivity contribution in [2.24, 2.45) is 5.73 Å². The van der Waals surface area contributed by atoms with Gasteiger partial charge in [-0.2, -0.15) is 0 Å². The third kappa shape index (κ3) is 6.15. The Morgan fingerprint density at radius 3 is 2.57 bits per heavy atom. The summed E-state index contributed by atoms with van der Waals surface area (Å²) in [5.74, 6) is -2.31. The Balaban J connectivity index is 1.48. The Bertz CT molecular complexity index is 1310. The van der Waals surface area contributed by atoms with Crippen LogP contribution in [0, 0.1) is 5.82 Å². The number of imidazole rings is 1. The third-order valence-electron chi connectivity index (χ3n) is 6.42. The number of anilines is 1. The molecule has 1 aliphatic rings. The van der Waals surface area contributed by atoms with Crippen molar-refractivity contribution in [3.8, 4) is 5.69 Å². The van der Waals surface area contributed by atoms with E-state index in [-0.39, 0.29) is 22.0 Å². The van der Waals surface area contributed by atoms with E-state index >= 15 is 0 Å². The Labute approximate surface area is 218 Å². The lowest BCUT2D eigenvalue weighted by Gasteiger charge is -2.33. The van der Waals surface area contributed by atoms with Crippen molar-refractivity contribution in [1.82, 2.24) is 19.8 Å². The Kier molecular flexibility index (Phi) is 8.20. The Morgan fingerprint density at radius 1 is 1.14 bits per heavy atom. The molecule has 1 aromatic heterocycles. The van der Waals surface area contributed by atoms with Gasteiger partial charge in [-0.1, -0.05) is 18.0 Å². The molecule has 9 nitrogen and oxygen atoms in total. The van der Waals surface area contributed by atoms with Crippen LogP contribution in [-0.4, -0.2) is 57.8 Å². The van der Waals surface area contributed by atoms with Crippen molar-refractivity contribution < 1.29 is 18.8 Å². The van der Waals surface area contributed by atoms with E-state index in [4.69, 9.17) is 17.3 Å². The first-order valence-electron chi connectivity index (χ1n) is 12.0. The van der Waals surface area contributed by atoms with Crippen molar-refractivity contribution in [3.05, 3.63) is 76.6 Å². The van der Waals surface area contributed by atoms with Crippen LogP contribution in [-0.2, 0) is 0 Å². The summed E-state index contributed by atoms with van der Waals surface area (Å²) in [6, 6.07) is 10.5. The van der Waals surface area contributed by atoms with E-state index in [0.29, 0.717) is 30.5 Å². The number of carbonyl (C=O) groups is 3. The van der Waals surface area contributed by atoms with Gasteiger partial charge in [0.25, 0.3) is 17.7 Å². The van der Waals surface area contributed by atoms with Crippen molar-refractivity contribution in [2.75, 3.05) is 25.0 Å². The topological polar surface area (TPSA) is 122 Å². The molecule has 194 valence electrons. The summed E-state index contributed by atoms with van der Waals surface area (Å²) in [6.07, 6.45) is 4.85. The Morgan fingerprint density at radius 2 is 1.89 bits per heavy atom. The Hall–Kier alpha value is -3.76. The minimum absolute atomic E-state index is 0.00286. The maximum absolute atomic E-state index is 13.3. The first-order chi connectivity index (χ1) is 17.7. The molecule has 1 fully saturated rings. The number of halogens is 2. The monoisotopic (exact) mass is 526 g/mol. The van der Waals surface area contributed by atoms with Gasteiger partial charge in [0, 0.05) is 30.5 Å². The summed E-state index contributed by atoms with van der Waals surface area (Å²) in [7, 11) is 0. The molecule has 0 radical (unpaired) electrons. The summed E-state index contributed by atoms with van der Waals surface area (Å²) < 4.78 is 14.7. The van der Waals surface area contributed by atoms with Gasteiger partial charge in [0.1, 0.15) is 17.8 Å². The maximum Gasteiger partial charge on any atom is 0.270 e. The highest BCUT2D eigenvalue weighted by atomic mass is 35.5. The lowest BCUT2D eigenvalue weighted by molar-refractivity contribution is 0.0916. The molecule has 2 heterocycles. The largest absolute Gasteiger partial charge is 0.364 e. The number of hydrogen-bond acceptors (Lipinski definition) is 5. The van der Waals surface area contributed by atoms with Gasteiger partial charge in [0.2, 0.25) is 0 Å². The van der Waals surface area contributed by atoms with Crippen LogP contribution in [0.4, 0.5) is 10.1 Å². The number of amides is 3. The zero-order valence-electron chi connectivity index (χ0n) is 20.3. The second kappa shape index (κ2) is 11.5. The standard InChI is InChI=1S/C26H28ClFN6O3/c1-16-4-2-3-12-33(16)13-11-30-26(37)23-22(24(29)35)31-15-34(23)19-8-6-18(7-9-19)32-25(36)20-10-5-17(28)14-21(20)27/h5-10,14-16H,2-4,11-13H2,1H3,(H2,29,35)(H,30,37)(H,32,36)/t16-/m1/s1. The molecule has 4 N–H and O–H groups in total. The van der Waals surface area contributed by atoms with Crippen LogP contribution in [0.2, 0.25) is 5.02 Å². The summed E-state index contributed by atoms with van der Waals surface area (Å²) in [5.41, 5.74) is 6.50. The number of likely N-dealkylation sites (tertiary alicyclic amines) is 1. The summed E-state index contributed by atoms with van der Waals surface area (Å²) in [6.45, 7) is 4.31. The number of aromatic nitrogens is 2. The summed E-state index contributed by atoms with van der Waals surface area (Å²) in [5, 5.41) is 5.57. The van der Waals surface area contributed by atoms with Gasteiger partial charge in [-0.25, -0.2) is 9.37 Å². The molecule has 3 aromatic rings. The van der Waals surface area contributed by atoms with Gasteiger partial charge in [-0.05, 0) is 68.8 Å². The van der Waals surface area contributed by atoms with Crippen molar-refractivity contribution in [1.29, 1.82) is 0 Å². The average Bonchev–Trinajstić information content (AvgIpc) is 3.31. The number of rotatable bonds is 8. The smallest absolute Gasteiger partial charge is 0.270 e. The van der Waals surface area contributed by atoms with E-state index in [1.165, 1.54) is 23.4 Å². The van der Waals surface area contributed by atoms with Gasteiger partial charge in [-0.3, -0.25) is 23.9 Å². The zero-order valence-corrected chi connectivity index (χ0v) is 21.1. The molecule has 2 aromatic carbocycles. The first kappa shape index (κ1) is 26.3. The van der Waals surface area contributed by atoms with Crippen LogP contribution < -0.4 is 16.4 Å². The predicted molar refractivity (Wildman–Crippen MR) is 139 cm³/mol. The van der Waals surface area contributed by atoms with Gasteiger partial charge in [-0.15, -0.1) is 0 Å². The van der Waals surface area contributed by atoms with Crippen molar-refractivity contribution in [3.63, 3.8) is 0 Å². The molecule has 0 spiro atoms. The van der Waals surface area contributed by atoms with E-state index in [0.717, 1.165) is 31.5 Å². The van der Waals surface area contributed by atoms with Gasteiger partial charge < -0.3 is 16.4 Å². The lowest BCUT2D eigenvalue weighted by Crippen LogP contribution is -2.42. The number of piperidine rings is 1. The number of benzene rings is 2. The second-order valence-corrected chi connectivity index (χ2v) is 9.35. The minimum atomic E-state index is -0.811. The molecule has 1 atom stereocenters. The molecule has 11 heteroatoms. The summed E-state index contributed by atoms with van der Waals surface area (Å²) >= 11 is 5.97. The fourth-order valence-corrected chi connectivity index (χ4v) is 4.66. The lowest BCUT2D eigenvalue weighted by atomic mass is 10.0. The molecule has 3 amide bonds. The van der Waals surface area contributed by atoms with E-state index in [1.54, 1.807) is 24.3 Å². The van der Waals surface area contributed by atoms with Crippen LogP contribution in [0.1, 0.15) is 57.5 Å². The molecule has 1 aliphatic heterocycles. The number of nitrogens with one attached hydrogen (secondary N) is 2. The molecule has 1 saturated heterocycles. The highest BCUT2D eigenvalue weighted by molar-refractivity contribution is 6.34. The van der Waals surface area contributed by atoms with Crippen LogP contribution in [0.15, 0.2) is 48.8 Å². The molecule has 0 saturated carbocycles. The van der Waals surface area contributed by atoms with Crippen molar-refractivity contribution in [2.45, 2.75) is 32.2 Å². The molecular formula is C26H28ClFN6O3. The minimum Gasteiger partial charge on any atom is -0.364 e. The zero-order chi connectivity index (χ0) is 26.5. The van der Waals surface area contributed by atoms with E-state index in [9.17, 15) is 18.8 Å². The number of nitrogens with zero attached hydrogens (tertiary/aromatic N) is 3. The first-order valence-corrected chi connectivity index (χ1v) is 12.4. The number of carbonyl (C=O) groups excluding carboxylic acids is 3. The highest BCUT2D eigenvalue weighted by Crippen LogP contribution is 2.21. The second-order valence-electron chi connectivity index (χ2n) is 8.94. The molecular weight excluding hydrogens is 499 g/mol. The van der Waals surface area contributed by atoms with Crippen LogP contribution in [0.3, 0.4) is 0 Å². The molecule has 37 heavy (non-hydrogen) atoms. The maximum atomic E-state index is 13.3. The molecule has 0 bridgehead atoms. The number of nitrogens with two attached hydrogens (primary N) is 1. The predicted octanol–water partition coefficient (Wildman–Crippen LogP) is 3.62. The normalized spacial score (nSPS) is 15.8. The van der Waals surface area contributed by atoms with Crippen molar-refractivity contribution >= 4 is 35.0 Å². The van der Waals surface area contributed by atoms with Gasteiger partial charge in [0.15, 0.2) is 5.69 Å². The van der Waals surface area contributed by atoms with Crippen LogP contribution >= 0.6 is 11.6 Å². The molecule has 0 unspecified atom stereocenters. The fraction of sp³-hybridized carbons (Fsp3) is 0.308. The van der Waals surface area contributed by atoms with Crippen LogP contribution in [0.25, 0.3) is 5.69 Å².